The second-order valence-electron chi connectivity index (χ2n) is 6.13. The van der Waals surface area contributed by atoms with Crippen molar-refractivity contribution in [1.29, 1.82) is 0 Å². The maximum absolute atomic E-state index is 11.4. The monoisotopic (exact) mass is 533 g/mol. The zero-order valence-electron chi connectivity index (χ0n) is 16.2. The van der Waals surface area contributed by atoms with Crippen molar-refractivity contribution in [2.75, 3.05) is 6.61 Å². The summed E-state index contributed by atoms with van der Waals surface area (Å²) in [6.07, 6.45) is 1.68. The lowest BCUT2D eigenvalue weighted by atomic mass is 10.2. The third-order valence-corrected chi connectivity index (χ3v) is 4.81. The summed E-state index contributed by atoms with van der Waals surface area (Å²) in [6, 6.07) is 16.1. The first kappa shape index (κ1) is 22.2. The molecule has 0 bridgehead atoms. The molecule has 0 heterocycles. The summed E-state index contributed by atoms with van der Waals surface area (Å²) >= 11 is 2.03. The molecule has 0 aliphatic rings. The maximum atomic E-state index is 11.4. The first-order valence-electron chi connectivity index (χ1n) is 9.05. The van der Waals surface area contributed by atoms with Gasteiger partial charge in [-0.25, -0.2) is 0 Å². The van der Waals surface area contributed by atoms with E-state index in [1.165, 1.54) is 6.07 Å². The Morgan fingerprint density at radius 3 is 2.39 bits per heavy atom. The SMILES string of the molecule is CCOc1cc(C=Nc2ccccc2)cc(I)c1Oc1ccc([N+](=O)[O-])cc1[N+](=O)[O-]. The molecule has 0 aliphatic carbocycles. The number of rotatable bonds is 8. The first-order valence-corrected chi connectivity index (χ1v) is 10.1. The van der Waals surface area contributed by atoms with Gasteiger partial charge in [-0.1, -0.05) is 18.2 Å². The van der Waals surface area contributed by atoms with E-state index >= 15 is 0 Å². The van der Waals surface area contributed by atoms with E-state index in [2.05, 4.69) is 4.99 Å². The number of ether oxygens (including phenoxy) is 2. The fourth-order valence-electron chi connectivity index (χ4n) is 2.65. The van der Waals surface area contributed by atoms with E-state index in [0.29, 0.717) is 15.9 Å². The highest BCUT2D eigenvalue weighted by atomic mass is 127. The summed E-state index contributed by atoms with van der Waals surface area (Å²) in [5, 5.41) is 22.4. The van der Waals surface area contributed by atoms with Gasteiger partial charge >= 0.3 is 5.69 Å². The van der Waals surface area contributed by atoms with Crippen molar-refractivity contribution >= 4 is 45.9 Å². The van der Waals surface area contributed by atoms with Gasteiger partial charge in [-0.05, 0) is 65.4 Å². The lowest BCUT2D eigenvalue weighted by molar-refractivity contribution is -0.394. The molecule has 0 saturated carbocycles. The molecular formula is C21H16IN3O6. The van der Waals surface area contributed by atoms with Crippen LogP contribution in [-0.2, 0) is 0 Å². The average Bonchev–Trinajstić information content (AvgIpc) is 2.75. The van der Waals surface area contributed by atoms with Crippen LogP contribution in [0.4, 0.5) is 17.1 Å². The Hall–Kier alpha value is -3.54. The average molecular weight is 533 g/mol. The van der Waals surface area contributed by atoms with E-state index in [1.807, 2.05) is 52.9 Å². The number of non-ortho nitro benzene ring substituents is 1. The molecule has 0 atom stereocenters. The molecule has 0 unspecified atom stereocenters. The van der Waals surface area contributed by atoms with Crippen LogP contribution < -0.4 is 9.47 Å². The van der Waals surface area contributed by atoms with Crippen molar-refractivity contribution in [3.63, 3.8) is 0 Å². The minimum absolute atomic E-state index is 0.125. The van der Waals surface area contributed by atoms with Crippen LogP contribution in [0.5, 0.6) is 17.2 Å². The van der Waals surface area contributed by atoms with Gasteiger partial charge in [0.2, 0.25) is 5.75 Å². The smallest absolute Gasteiger partial charge is 0.318 e. The van der Waals surface area contributed by atoms with Crippen LogP contribution >= 0.6 is 22.6 Å². The van der Waals surface area contributed by atoms with Crippen LogP contribution in [0.3, 0.4) is 0 Å². The number of halogens is 1. The first-order chi connectivity index (χ1) is 14.9. The topological polar surface area (TPSA) is 117 Å². The lowest BCUT2D eigenvalue weighted by Gasteiger charge is -2.14. The molecule has 3 aromatic rings. The summed E-state index contributed by atoms with van der Waals surface area (Å²) in [4.78, 5) is 25.3. The molecule has 0 fully saturated rings. The molecule has 31 heavy (non-hydrogen) atoms. The molecule has 0 radical (unpaired) electrons. The number of nitro groups is 2. The van der Waals surface area contributed by atoms with Gasteiger partial charge in [0.1, 0.15) is 0 Å². The van der Waals surface area contributed by atoms with Crippen LogP contribution in [0.15, 0.2) is 65.7 Å². The highest BCUT2D eigenvalue weighted by Gasteiger charge is 2.23. The fraction of sp³-hybridized carbons (Fsp3) is 0.0952. The van der Waals surface area contributed by atoms with Crippen molar-refractivity contribution in [1.82, 2.24) is 0 Å². The Labute approximate surface area is 190 Å². The molecule has 0 aromatic heterocycles. The van der Waals surface area contributed by atoms with Crippen molar-refractivity contribution in [3.8, 4) is 17.2 Å². The summed E-state index contributed by atoms with van der Waals surface area (Å²) in [5.74, 6) is 0.521. The quantitative estimate of drug-likeness (QED) is 0.151. The highest BCUT2D eigenvalue weighted by molar-refractivity contribution is 14.1. The summed E-state index contributed by atoms with van der Waals surface area (Å²) in [7, 11) is 0. The van der Waals surface area contributed by atoms with Crippen LogP contribution in [0.25, 0.3) is 0 Å². The number of aliphatic imine (C=N–C) groups is 1. The Balaban J connectivity index is 1.99. The molecular weight excluding hydrogens is 517 g/mol. The number of nitro benzene ring substituents is 2. The molecule has 9 nitrogen and oxygen atoms in total. The molecule has 0 saturated heterocycles. The summed E-state index contributed by atoms with van der Waals surface area (Å²) < 4.78 is 12.1. The minimum atomic E-state index is -0.726. The maximum Gasteiger partial charge on any atom is 0.318 e. The Bertz CT molecular complexity index is 1150. The van der Waals surface area contributed by atoms with E-state index in [4.69, 9.17) is 9.47 Å². The Morgan fingerprint density at radius 2 is 1.74 bits per heavy atom. The molecule has 10 heteroatoms. The van der Waals surface area contributed by atoms with Crippen LogP contribution in [0.1, 0.15) is 12.5 Å². The lowest BCUT2D eigenvalue weighted by Crippen LogP contribution is -2.01. The van der Waals surface area contributed by atoms with Crippen molar-refractivity contribution in [3.05, 3.63) is 90.0 Å². The van der Waals surface area contributed by atoms with Gasteiger partial charge in [0.15, 0.2) is 11.5 Å². The number of hydrogen-bond donors (Lipinski definition) is 0. The second kappa shape index (κ2) is 9.98. The highest BCUT2D eigenvalue weighted by Crippen LogP contribution is 2.41. The summed E-state index contributed by atoms with van der Waals surface area (Å²) in [6.45, 7) is 2.14. The number of hydrogen-bond acceptors (Lipinski definition) is 7. The molecule has 0 aliphatic heterocycles. The predicted octanol–water partition coefficient (Wildman–Crippen LogP) is 6.05. The van der Waals surface area contributed by atoms with Gasteiger partial charge in [-0.2, -0.15) is 0 Å². The van der Waals surface area contributed by atoms with E-state index in [0.717, 1.165) is 23.4 Å². The van der Waals surface area contributed by atoms with E-state index < -0.39 is 21.2 Å². The standard InChI is InChI=1S/C21H16IN3O6/c1-2-30-20-11-14(13-23-15-6-4-3-5-7-15)10-17(22)21(20)31-19-9-8-16(24(26)27)12-18(19)25(28)29/h3-13H,2H2,1H3. The normalized spacial score (nSPS) is 10.8. The van der Waals surface area contributed by atoms with Gasteiger partial charge in [0, 0.05) is 12.3 Å². The van der Waals surface area contributed by atoms with Gasteiger partial charge in [-0.15, -0.1) is 0 Å². The number of benzene rings is 3. The van der Waals surface area contributed by atoms with Gasteiger partial charge in [0.05, 0.1) is 31.8 Å². The van der Waals surface area contributed by atoms with Crippen LogP contribution in [0.2, 0.25) is 0 Å². The summed E-state index contributed by atoms with van der Waals surface area (Å²) in [5.41, 5.74) is 0.632. The van der Waals surface area contributed by atoms with Crippen molar-refractivity contribution in [2.24, 2.45) is 4.99 Å². The zero-order chi connectivity index (χ0) is 22.4. The van der Waals surface area contributed by atoms with Gasteiger partial charge in [0.25, 0.3) is 5.69 Å². The Kier molecular flexibility index (Phi) is 7.13. The van der Waals surface area contributed by atoms with Crippen LogP contribution in [0, 0.1) is 23.8 Å². The molecule has 3 aromatic carbocycles. The van der Waals surface area contributed by atoms with Gasteiger partial charge < -0.3 is 9.47 Å². The van der Waals surface area contributed by atoms with Crippen molar-refractivity contribution in [2.45, 2.75) is 6.92 Å². The second-order valence-corrected chi connectivity index (χ2v) is 7.29. The van der Waals surface area contributed by atoms with E-state index in [1.54, 1.807) is 25.3 Å². The third kappa shape index (κ3) is 5.54. The fourth-order valence-corrected chi connectivity index (χ4v) is 3.38. The zero-order valence-corrected chi connectivity index (χ0v) is 18.4. The van der Waals surface area contributed by atoms with E-state index in [9.17, 15) is 20.2 Å². The molecule has 3 rings (SSSR count). The third-order valence-electron chi connectivity index (χ3n) is 4.01. The number of nitrogens with zero attached hydrogens (tertiary/aromatic N) is 3. The van der Waals surface area contributed by atoms with Crippen molar-refractivity contribution < 1.29 is 19.3 Å². The largest absolute Gasteiger partial charge is 0.490 e. The molecule has 0 N–H and O–H groups in total. The molecule has 0 spiro atoms. The molecule has 0 amide bonds. The Morgan fingerprint density at radius 1 is 1.00 bits per heavy atom. The van der Waals surface area contributed by atoms with E-state index in [-0.39, 0.29) is 11.5 Å². The number of para-hydroxylation sites is 1. The predicted molar refractivity (Wildman–Crippen MR) is 124 cm³/mol. The minimum Gasteiger partial charge on any atom is -0.490 e. The van der Waals surface area contributed by atoms with Gasteiger partial charge in [-0.3, -0.25) is 25.2 Å². The van der Waals surface area contributed by atoms with Crippen LogP contribution in [-0.4, -0.2) is 22.7 Å². The molecule has 158 valence electrons.